The van der Waals surface area contributed by atoms with Crippen molar-refractivity contribution in [2.45, 2.75) is 6.54 Å². The third-order valence-corrected chi connectivity index (χ3v) is 4.19. The molecule has 1 amide bonds. The SMILES string of the molecule is COc1cc(CNC(=O)c2sccc2Br)nn1C. The second-order valence-corrected chi connectivity index (χ2v) is 5.35. The molecule has 0 aliphatic carbocycles. The molecule has 2 heterocycles. The fraction of sp³-hybridized carbons (Fsp3) is 0.273. The molecule has 0 bridgehead atoms. The number of hydrogen-bond donors (Lipinski definition) is 1. The van der Waals surface area contributed by atoms with Crippen molar-refractivity contribution in [3.63, 3.8) is 0 Å². The summed E-state index contributed by atoms with van der Waals surface area (Å²) in [6, 6.07) is 3.65. The highest BCUT2D eigenvalue weighted by Gasteiger charge is 2.12. The molecule has 0 saturated carbocycles. The van der Waals surface area contributed by atoms with E-state index in [9.17, 15) is 4.79 Å². The van der Waals surface area contributed by atoms with E-state index in [1.54, 1.807) is 24.9 Å². The van der Waals surface area contributed by atoms with Crippen molar-refractivity contribution in [1.29, 1.82) is 0 Å². The zero-order chi connectivity index (χ0) is 13.1. The van der Waals surface area contributed by atoms with Crippen molar-refractivity contribution in [2.24, 2.45) is 7.05 Å². The summed E-state index contributed by atoms with van der Waals surface area (Å²) in [5.74, 6) is 0.554. The maximum Gasteiger partial charge on any atom is 0.262 e. The number of ether oxygens (including phenoxy) is 1. The smallest absolute Gasteiger partial charge is 0.262 e. The predicted molar refractivity (Wildman–Crippen MR) is 72.9 cm³/mol. The highest BCUT2D eigenvalue weighted by Crippen LogP contribution is 2.22. The van der Waals surface area contributed by atoms with E-state index in [4.69, 9.17) is 4.74 Å². The molecule has 0 aliphatic heterocycles. The zero-order valence-corrected chi connectivity index (χ0v) is 12.3. The first-order valence-corrected chi connectivity index (χ1v) is 6.87. The molecule has 0 fully saturated rings. The van der Waals surface area contributed by atoms with Crippen LogP contribution in [0.2, 0.25) is 0 Å². The van der Waals surface area contributed by atoms with Crippen LogP contribution in [-0.2, 0) is 13.6 Å². The number of halogens is 1. The third kappa shape index (κ3) is 2.73. The van der Waals surface area contributed by atoms with Crippen molar-refractivity contribution in [2.75, 3.05) is 7.11 Å². The molecule has 0 spiro atoms. The minimum Gasteiger partial charge on any atom is -0.481 e. The van der Waals surface area contributed by atoms with Crippen molar-refractivity contribution >= 4 is 33.2 Å². The fourth-order valence-corrected chi connectivity index (χ4v) is 2.96. The van der Waals surface area contributed by atoms with Crippen LogP contribution in [0.5, 0.6) is 5.88 Å². The summed E-state index contributed by atoms with van der Waals surface area (Å²) in [5.41, 5.74) is 0.760. The first-order valence-electron chi connectivity index (χ1n) is 5.20. The van der Waals surface area contributed by atoms with Crippen LogP contribution in [0, 0.1) is 0 Å². The molecule has 1 N–H and O–H groups in total. The van der Waals surface area contributed by atoms with Gasteiger partial charge in [0, 0.05) is 17.6 Å². The van der Waals surface area contributed by atoms with Crippen molar-refractivity contribution in [1.82, 2.24) is 15.1 Å². The summed E-state index contributed by atoms with van der Waals surface area (Å²) in [6.07, 6.45) is 0. The number of nitrogens with one attached hydrogen (secondary N) is 1. The van der Waals surface area contributed by atoms with Gasteiger partial charge in [-0.15, -0.1) is 11.3 Å². The van der Waals surface area contributed by atoms with Gasteiger partial charge >= 0.3 is 0 Å². The highest BCUT2D eigenvalue weighted by atomic mass is 79.9. The lowest BCUT2D eigenvalue weighted by Gasteiger charge is -2.01. The van der Waals surface area contributed by atoms with E-state index < -0.39 is 0 Å². The molecule has 0 unspecified atom stereocenters. The number of aryl methyl sites for hydroxylation is 1. The first kappa shape index (κ1) is 13.1. The largest absolute Gasteiger partial charge is 0.481 e. The molecule has 0 radical (unpaired) electrons. The Balaban J connectivity index is 1.99. The van der Waals surface area contributed by atoms with Crippen LogP contribution in [0.25, 0.3) is 0 Å². The predicted octanol–water partition coefficient (Wildman–Crippen LogP) is 2.18. The standard InChI is InChI=1S/C11H12BrN3O2S/c1-15-9(17-2)5-7(14-15)6-13-11(16)10-8(12)3-4-18-10/h3-5H,6H2,1-2H3,(H,13,16). The van der Waals surface area contributed by atoms with E-state index in [1.807, 2.05) is 11.4 Å². The molecule has 5 nitrogen and oxygen atoms in total. The first-order chi connectivity index (χ1) is 8.61. The number of methoxy groups -OCH3 is 1. The van der Waals surface area contributed by atoms with Crippen LogP contribution < -0.4 is 10.1 Å². The number of carbonyl (C=O) groups is 1. The molecular formula is C11H12BrN3O2S. The average Bonchev–Trinajstić information content (AvgIpc) is 2.92. The van der Waals surface area contributed by atoms with Gasteiger partial charge < -0.3 is 10.1 Å². The molecule has 18 heavy (non-hydrogen) atoms. The van der Waals surface area contributed by atoms with E-state index >= 15 is 0 Å². The summed E-state index contributed by atoms with van der Waals surface area (Å²) < 4.78 is 7.54. The van der Waals surface area contributed by atoms with Crippen LogP contribution in [-0.4, -0.2) is 22.8 Å². The summed E-state index contributed by atoms with van der Waals surface area (Å²) >= 11 is 4.73. The van der Waals surface area contributed by atoms with E-state index in [0.717, 1.165) is 10.2 Å². The molecule has 96 valence electrons. The van der Waals surface area contributed by atoms with Gasteiger partial charge in [-0.05, 0) is 27.4 Å². The summed E-state index contributed by atoms with van der Waals surface area (Å²) in [7, 11) is 3.38. The fourth-order valence-electron chi connectivity index (χ4n) is 1.49. The number of carbonyl (C=O) groups excluding carboxylic acids is 1. The normalized spacial score (nSPS) is 10.4. The van der Waals surface area contributed by atoms with Gasteiger partial charge in [0.2, 0.25) is 5.88 Å². The Morgan fingerprint density at radius 2 is 2.44 bits per heavy atom. The number of nitrogens with zero attached hydrogens (tertiary/aromatic N) is 2. The Morgan fingerprint density at radius 1 is 1.67 bits per heavy atom. The minimum atomic E-state index is -0.110. The maximum absolute atomic E-state index is 11.9. The lowest BCUT2D eigenvalue weighted by molar-refractivity contribution is 0.0953. The van der Waals surface area contributed by atoms with E-state index in [1.165, 1.54) is 11.3 Å². The zero-order valence-electron chi connectivity index (χ0n) is 9.94. The van der Waals surface area contributed by atoms with E-state index in [0.29, 0.717) is 17.3 Å². The quantitative estimate of drug-likeness (QED) is 0.935. The van der Waals surface area contributed by atoms with Gasteiger partial charge in [-0.1, -0.05) is 0 Å². The second kappa shape index (κ2) is 5.53. The van der Waals surface area contributed by atoms with Crippen LogP contribution in [0.4, 0.5) is 0 Å². The van der Waals surface area contributed by atoms with Crippen LogP contribution in [0.15, 0.2) is 22.0 Å². The Labute approximate surface area is 117 Å². The Kier molecular flexibility index (Phi) is 4.03. The van der Waals surface area contributed by atoms with Gasteiger partial charge in [0.15, 0.2) is 0 Å². The molecule has 0 atom stereocenters. The molecular weight excluding hydrogens is 318 g/mol. The third-order valence-electron chi connectivity index (χ3n) is 2.35. The molecule has 0 aromatic carbocycles. The van der Waals surface area contributed by atoms with Gasteiger partial charge in [0.05, 0.1) is 19.3 Å². The minimum absolute atomic E-state index is 0.110. The number of rotatable bonds is 4. The van der Waals surface area contributed by atoms with Crippen molar-refractivity contribution in [3.8, 4) is 5.88 Å². The average molecular weight is 330 g/mol. The van der Waals surface area contributed by atoms with Gasteiger partial charge in [0.25, 0.3) is 5.91 Å². The Hall–Kier alpha value is -1.34. The van der Waals surface area contributed by atoms with Crippen molar-refractivity contribution < 1.29 is 9.53 Å². The van der Waals surface area contributed by atoms with Gasteiger partial charge in [-0.3, -0.25) is 4.79 Å². The molecule has 2 aromatic rings. The molecule has 2 rings (SSSR count). The lowest BCUT2D eigenvalue weighted by Crippen LogP contribution is -2.22. The summed E-state index contributed by atoms with van der Waals surface area (Å²) in [6.45, 7) is 0.375. The molecule has 7 heteroatoms. The van der Waals surface area contributed by atoms with Crippen LogP contribution in [0.3, 0.4) is 0 Å². The number of hydrogen-bond acceptors (Lipinski definition) is 4. The van der Waals surface area contributed by atoms with Crippen LogP contribution >= 0.6 is 27.3 Å². The monoisotopic (exact) mass is 329 g/mol. The summed E-state index contributed by atoms with van der Waals surface area (Å²) in [5, 5.41) is 8.91. The van der Waals surface area contributed by atoms with E-state index in [2.05, 4.69) is 26.3 Å². The van der Waals surface area contributed by atoms with Crippen molar-refractivity contribution in [3.05, 3.63) is 32.6 Å². The Bertz CT molecular complexity index is 564. The van der Waals surface area contributed by atoms with Gasteiger partial charge in [-0.25, -0.2) is 4.68 Å². The highest BCUT2D eigenvalue weighted by molar-refractivity contribution is 9.10. The summed E-state index contributed by atoms with van der Waals surface area (Å²) in [4.78, 5) is 12.5. The lowest BCUT2D eigenvalue weighted by atomic mass is 10.4. The maximum atomic E-state index is 11.9. The van der Waals surface area contributed by atoms with Gasteiger partial charge in [-0.2, -0.15) is 5.10 Å². The number of thiophene rings is 1. The number of aromatic nitrogens is 2. The molecule has 0 aliphatic rings. The number of amides is 1. The van der Waals surface area contributed by atoms with E-state index in [-0.39, 0.29) is 5.91 Å². The molecule has 0 saturated heterocycles. The van der Waals surface area contributed by atoms with Crippen LogP contribution in [0.1, 0.15) is 15.4 Å². The second-order valence-electron chi connectivity index (χ2n) is 3.58. The molecule has 2 aromatic heterocycles. The Morgan fingerprint density at radius 3 is 3.00 bits per heavy atom. The van der Waals surface area contributed by atoms with Gasteiger partial charge in [0.1, 0.15) is 4.88 Å². The topological polar surface area (TPSA) is 56.1 Å².